The number of fused-ring (bicyclic) bond motifs is 1. The van der Waals surface area contributed by atoms with Gasteiger partial charge in [0.05, 0.1) is 4.90 Å². The average molecular weight is 351 g/mol. The van der Waals surface area contributed by atoms with Crippen molar-refractivity contribution in [2.45, 2.75) is 44.0 Å². The van der Waals surface area contributed by atoms with E-state index in [0.29, 0.717) is 18.9 Å². The number of benzene rings is 1. The molecule has 7 heteroatoms. The molecule has 2 unspecified atom stereocenters. The van der Waals surface area contributed by atoms with Crippen molar-refractivity contribution in [2.75, 3.05) is 24.5 Å². The van der Waals surface area contributed by atoms with Crippen molar-refractivity contribution in [1.82, 2.24) is 10.0 Å². The van der Waals surface area contributed by atoms with Crippen LogP contribution in [0, 0.1) is 5.92 Å². The molecule has 1 aromatic rings. The van der Waals surface area contributed by atoms with Gasteiger partial charge in [0, 0.05) is 25.2 Å². The minimum absolute atomic E-state index is 0.0131. The summed E-state index contributed by atoms with van der Waals surface area (Å²) in [6, 6.07) is 4.93. The first-order valence-corrected chi connectivity index (χ1v) is 10.0. The van der Waals surface area contributed by atoms with E-state index >= 15 is 0 Å². The van der Waals surface area contributed by atoms with Crippen LogP contribution in [0.4, 0.5) is 5.69 Å². The monoisotopic (exact) mass is 351 g/mol. The van der Waals surface area contributed by atoms with Crippen LogP contribution in [-0.4, -0.2) is 40.0 Å². The SMILES string of the molecule is CC(=O)N1CCc2cc(S(=O)(=O)NC(C)C3CCCNC3)ccc21. The lowest BCUT2D eigenvalue weighted by Gasteiger charge is -2.28. The molecule has 0 aromatic heterocycles. The Hall–Kier alpha value is -1.44. The Morgan fingerprint density at radius 2 is 2.21 bits per heavy atom. The van der Waals surface area contributed by atoms with Gasteiger partial charge in [-0.3, -0.25) is 4.79 Å². The van der Waals surface area contributed by atoms with Crippen molar-refractivity contribution in [1.29, 1.82) is 0 Å². The highest BCUT2D eigenvalue weighted by Gasteiger charge is 2.27. The molecule has 3 rings (SSSR count). The van der Waals surface area contributed by atoms with E-state index in [2.05, 4.69) is 10.0 Å². The molecule has 2 N–H and O–H groups in total. The van der Waals surface area contributed by atoms with Crippen LogP contribution in [-0.2, 0) is 21.2 Å². The van der Waals surface area contributed by atoms with Crippen LogP contribution in [0.1, 0.15) is 32.3 Å². The highest BCUT2D eigenvalue weighted by atomic mass is 32.2. The Balaban J connectivity index is 1.77. The van der Waals surface area contributed by atoms with Crippen LogP contribution >= 0.6 is 0 Å². The standard InChI is InChI=1S/C17H25N3O3S/c1-12(15-4-3-8-18-11-15)19-24(22,23)16-5-6-17-14(10-16)7-9-20(17)13(2)21/h5-6,10,12,15,18-19H,3-4,7-9,11H2,1-2H3. The maximum absolute atomic E-state index is 12.7. The van der Waals surface area contributed by atoms with E-state index in [1.165, 1.54) is 6.92 Å². The summed E-state index contributed by atoms with van der Waals surface area (Å²) in [5.74, 6) is 0.303. The number of hydrogen-bond donors (Lipinski definition) is 2. The molecule has 24 heavy (non-hydrogen) atoms. The van der Waals surface area contributed by atoms with Gasteiger partial charge >= 0.3 is 0 Å². The molecule has 1 aromatic carbocycles. The second-order valence-corrected chi connectivity index (χ2v) is 8.44. The molecule has 0 saturated carbocycles. The Morgan fingerprint density at radius 1 is 1.42 bits per heavy atom. The van der Waals surface area contributed by atoms with Gasteiger partial charge in [0.1, 0.15) is 0 Å². The van der Waals surface area contributed by atoms with Crippen LogP contribution in [0.3, 0.4) is 0 Å². The number of hydrogen-bond acceptors (Lipinski definition) is 4. The zero-order valence-corrected chi connectivity index (χ0v) is 15.0. The summed E-state index contributed by atoms with van der Waals surface area (Å²) in [6.45, 7) is 5.93. The van der Waals surface area contributed by atoms with Crippen molar-refractivity contribution in [3.05, 3.63) is 23.8 Å². The van der Waals surface area contributed by atoms with E-state index in [4.69, 9.17) is 0 Å². The van der Waals surface area contributed by atoms with Crippen molar-refractivity contribution in [2.24, 2.45) is 5.92 Å². The van der Waals surface area contributed by atoms with E-state index in [0.717, 1.165) is 37.2 Å². The van der Waals surface area contributed by atoms with Crippen LogP contribution in [0.15, 0.2) is 23.1 Å². The number of piperidine rings is 1. The second kappa shape index (κ2) is 6.82. The molecule has 1 amide bonds. The maximum atomic E-state index is 12.7. The third kappa shape index (κ3) is 3.48. The zero-order chi connectivity index (χ0) is 17.3. The highest BCUT2D eigenvalue weighted by molar-refractivity contribution is 7.89. The van der Waals surface area contributed by atoms with E-state index < -0.39 is 10.0 Å². The fourth-order valence-electron chi connectivity index (χ4n) is 3.59. The summed E-state index contributed by atoms with van der Waals surface area (Å²) in [7, 11) is -3.55. The lowest BCUT2D eigenvalue weighted by Crippen LogP contribution is -2.44. The second-order valence-electron chi connectivity index (χ2n) is 6.73. The Morgan fingerprint density at radius 3 is 2.88 bits per heavy atom. The molecular formula is C17H25N3O3S. The smallest absolute Gasteiger partial charge is 0.240 e. The summed E-state index contributed by atoms with van der Waals surface area (Å²) in [4.78, 5) is 13.6. The van der Waals surface area contributed by atoms with Gasteiger partial charge in [-0.25, -0.2) is 13.1 Å². The van der Waals surface area contributed by atoms with Crippen molar-refractivity contribution >= 4 is 21.6 Å². The normalized spacial score (nSPS) is 22.2. The Labute approximate surface area is 143 Å². The van der Waals surface area contributed by atoms with Gasteiger partial charge in [-0.15, -0.1) is 0 Å². The number of carbonyl (C=O) groups excluding carboxylic acids is 1. The van der Waals surface area contributed by atoms with Crippen molar-refractivity contribution in [3.8, 4) is 0 Å². The van der Waals surface area contributed by atoms with Gasteiger partial charge in [0.2, 0.25) is 15.9 Å². The average Bonchev–Trinajstić information content (AvgIpc) is 2.98. The van der Waals surface area contributed by atoms with Crippen LogP contribution in [0.25, 0.3) is 0 Å². The minimum atomic E-state index is -3.55. The molecule has 2 heterocycles. The molecule has 0 spiro atoms. The van der Waals surface area contributed by atoms with Gasteiger partial charge in [0.25, 0.3) is 0 Å². The third-order valence-electron chi connectivity index (χ3n) is 5.02. The third-order valence-corrected chi connectivity index (χ3v) is 6.58. The van der Waals surface area contributed by atoms with Crippen LogP contribution in [0.2, 0.25) is 0 Å². The van der Waals surface area contributed by atoms with Crippen molar-refractivity contribution < 1.29 is 13.2 Å². The molecule has 2 aliphatic rings. The van der Waals surface area contributed by atoms with Gasteiger partial charge < -0.3 is 10.2 Å². The molecule has 0 bridgehead atoms. The first-order chi connectivity index (χ1) is 11.4. The van der Waals surface area contributed by atoms with Gasteiger partial charge in [-0.1, -0.05) is 0 Å². The topological polar surface area (TPSA) is 78.5 Å². The van der Waals surface area contributed by atoms with E-state index in [9.17, 15) is 13.2 Å². The van der Waals surface area contributed by atoms with Gasteiger partial charge in [-0.05, 0) is 69.0 Å². The van der Waals surface area contributed by atoms with E-state index in [1.54, 1.807) is 23.1 Å². The summed E-state index contributed by atoms with van der Waals surface area (Å²) < 4.78 is 28.2. The number of rotatable bonds is 4. The summed E-state index contributed by atoms with van der Waals surface area (Å²) in [5, 5.41) is 3.32. The number of anilines is 1. The lowest BCUT2D eigenvalue weighted by atomic mass is 9.94. The molecule has 2 aliphatic heterocycles. The van der Waals surface area contributed by atoms with Crippen molar-refractivity contribution in [3.63, 3.8) is 0 Å². The quantitative estimate of drug-likeness (QED) is 0.856. The summed E-state index contributed by atoms with van der Waals surface area (Å²) in [5.41, 5.74) is 1.74. The first kappa shape index (κ1) is 17.4. The molecule has 1 saturated heterocycles. The van der Waals surface area contributed by atoms with Gasteiger partial charge in [-0.2, -0.15) is 0 Å². The summed E-state index contributed by atoms with van der Waals surface area (Å²) in [6.07, 6.45) is 2.81. The maximum Gasteiger partial charge on any atom is 0.240 e. The zero-order valence-electron chi connectivity index (χ0n) is 14.2. The molecule has 2 atom stereocenters. The van der Waals surface area contributed by atoms with Crippen LogP contribution < -0.4 is 14.9 Å². The summed E-state index contributed by atoms with van der Waals surface area (Å²) >= 11 is 0. The fraction of sp³-hybridized carbons (Fsp3) is 0.588. The largest absolute Gasteiger partial charge is 0.316 e. The van der Waals surface area contributed by atoms with Crippen LogP contribution in [0.5, 0.6) is 0 Å². The minimum Gasteiger partial charge on any atom is -0.316 e. The molecule has 6 nitrogen and oxygen atoms in total. The molecule has 0 radical (unpaired) electrons. The number of amides is 1. The number of sulfonamides is 1. The Bertz CT molecular complexity index is 727. The molecule has 132 valence electrons. The number of nitrogens with one attached hydrogen (secondary N) is 2. The number of carbonyl (C=O) groups is 1. The Kier molecular flexibility index (Phi) is 4.94. The highest BCUT2D eigenvalue weighted by Crippen LogP contribution is 2.30. The first-order valence-electron chi connectivity index (χ1n) is 8.52. The predicted molar refractivity (Wildman–Crippen MR) is 93.6 cm³/mol. The van der Waals surface area contributed by atoms with E-state index in [1.807, 2.05) is 6.92 Å². The van der Waals surface area contributed by atoms with Gasteiger partial charge in [0.15, 0.2) is 0 Å². The fourth-order valence-corrected chi connectivity index (χ4v) is 4.95. The molecule has 0 aliphatic carbocycles. The molecular weight excluding hydrogens is 326 g/mol. The predicted octanol–water partition coefficient (Wildman–Crippen LogP) is 1.26. The van der Waals surface area contributed by atoms with E-state index in [-0.39, 0.29) is 16.8 Å². The lowest BCUT2D eigenvalue weighted by molar-refractivity contribution is -0.116. The molecule has 1 fully saturated rings. The number of nitrogens with zero attached hydrogens (tertiary/aromatic N) is 1.